The first-order chi connectivity index (χ1) is 3.43. The normalized spacial score (nSPS) is 26.8. The Kier molecular flexibility index (Phi) is 4.80. The summed E-state index contributed by atoms with van der Waals surface area (Å²) in [5.41, 5.74) is 0. The number of hydrogen-bond acceptors (Lipinski definition) is 3. The number of aldehydes is 1. The van der Waals surface area contributed by atoms with E-state index in [1.807, 2.05) is 0 Å². The first kappa shape index (κ1) is 8.59. The molecule has 3 nitrogen and oxygen atoms in total. The van der Waals surface area contributed by atoms with Crippen LogP contribution in [0.15, 0.2) is 0 Å². The Balaban J connectivity index is 0. The van der Waals surface area contributed by atoms with Gasteiger partial charge in [0.15, 0.2) is 12.5 Å². The third-order valence-corrected chi connectivity index (χ3v) is 0.869. The Morgan fingerprint density at radius 3 is 2.88 bits per heavy atom. The predicted octanol–water partition coefficient (Wildman–Crippen LogP) is -3.75. The Labute approximate surface area is 71.6 Å². The molecule has 1 saturated heterocycles. The maximum atomic E-state index is 9.82. The van der Waals surface area contributed by atoms with Gasteiger partial charge in [-0.2, -0.15) is 0 Å². The van der Waals surface area contributed by atoms with Crippen LogP contribution in [0, 0.1) is 0 Å². The van der Waals surface area contributed by atoms with Gasteiger partial charge in [0.2, 0.25) is 0 Å². The number of nitrogens with one attached hydrogen (secondary N) is 1. The molecule has 0 aliphatic carbocycles. The largest absolute Gasteiger partial charge is 1.00 e. The minimum Gasteiger partial charge on any atom is -1.00 e. The van der Waals surface area contributed by atoms with Crippen LogP contribution in [0.5, 0.6) is 0 Å². The van der Waals surface area contributed by atoms with Crippen LogP contribution < -0.4 is 34.9 Å². The van der Waals surface area contributed by atoms with Crippen LogP contribution in [0.2, 0.25) is 0 Å². The second-order valence-corrected chi connectivity index (χ2v) is 1.38. The first-order valence-corrected chi connectivity index (χ1v) is 2.24. The van der Waals surface area contributed by atoms with E-state index in [1.54, 1.807) is 0 Å². The molecule has 0 aromatic carbocycles. The van der Waals surface area contributed by atoms with Crippen molar-refractivity contribution >= 4 is 6.29 Å². The monoisotopic (exact) mass is 125 g/mol. The molecule has 1 aliphatic rings. The topological polar surface area (TPSA) is 38.3 Å². The Hall–Kier alpha value is 0.590. The molecule has 4 heteroatoms. The molecule has 0 bridgehead atoms. The molecular formula is C4H8NNaO2. The van der Waals surface area contributed by atoms with Crippen molar-refractivity contribution in [3.8, 4) is 0 Å². The summed E-state index contributed by atoms with van der Waals surface area (Å²) in [6.07, 6.45) is 0.424. The maximum absolute atomic E-state index is 9.82. The molecule has 42 valence electrons. The quantitative estimate of drug-likeness (QED) is 0.289. The number of rotatable bonds is 1. The molecule has 0 aromatic heterocycles. The van der Waals surface area contributed by atoms with Crippen molar-refractivity contribution in [1.82, 2.24) is 5.32 Å². The van der Waals surface area contributed by atoms with E-state index in [-0.39, 0.29) is 37.2 Å². The van der Waals surface area contributed by atoms with Gasteiger partial charge in [0, 0.05) is 6.54 Å². The van der Waals surface area contributed by atoms with Crippen molar-refractivity contribution in [3.63, 3.8) is 0 Å². The molecule has 0 spiro atoms. The fourth-order valence-electron chi connectivity index (χ4n) is 0.533. The summed E-state index contributed by atoms with van der Waals surface area (Å²) in [5.74, 6) is 0. The van der Waals surface area contributed by atoms with Gasteiger partial charge >= 0.3 is 29.6 Å². The summed E-state index contributed by atoms with van der Waals surface area (Å²) in [5, 5.41) is 2.82. The average Bonchev–Trinajstić information content (AvgIpc) is 2.14. The van der Waals surface area contributed by atoms with Gasteiger partial charge in [-0.25, -0.2) is 0 Å². The second-order valence-electron chi connectivity index (χ2n) is 1.38. The number of hydrogen-bond donors (Lipinski definition) is 1. The maximum Gasteiger partial charge on any atom is 1.00 e. The summed E-state index contributed by atoms with van der Waals surface area (Å²) < 4.78 is 4.82. The van der Waals surface area contributed by atoms with E-state index in [2.05, 4.69) is 5.32 Å². The summed E-state index contributed by atoms with van der Waals surface area (Å²) in [7, 11) is 0. The van der Waals surface area contributed by atoms with Crippen molar-refractivity contribution in [3.05, 3.63) is 0 Å². The third kappa shape index (κ3) is 2.24. The minimum absolute atomic E-state index is 0. The Bertz CT molecular complexity index is 77.0. The van der Waals surface area contributed by atoms with Crippen LogP contribution in [0.4, 0.5) is 0 Å². The van der Waals surface area contributed by atoms with Gasteiger partial charge in [0.25, 0.3) is 0 Å². The summed E-state index contributed by atoms with van der Waals surface area (Å²) in [4.78, 5) is 9.82. The molecule has 1 unspecified atom stereocenters. The molecule has 0 radical (unpaired) electrons. The van der Waals surface area contributed by atoms with Crippen LogP contribution in [-0.2, 0) is 9.53 Å². The fourth-order valence-corrected chi connectivity index (χ4v) is 0.533. The molecule has 0 amide bonds. The van der Waals surface area contributed by atoms with E-state index in [0.29, 0.717) is 6.61 Å². The van der Waals surface area contributed by atoms with E-state index < -0.39 is 0 Å². The number of ether oxygens (including phenoxy) is 1. The summed E-state index contributed by atoms with van der Waals surface area (Å²) >= 11 is 0. The van der Waals surface area contributed by atoms with Crippen LogP contribution in [0.1, 0.15) is 1.43 Å². The molecule has 0 saturated carbocycles. The van der Waals surface area contributed by atoms with Crippen LogP contribution in [-0.4, -0.2) is 25.7 Å². The summed E-state index contributed by atoms with van der Waals surface area (Å²) in [6.45, 7) is 1.45. The average molecular weight is 125 g/mol. The van der Waals surface area contributed by atoms with Crippen molar-refractivity contribution in [2.24, 2.45) is 0 Å². The van der Waals surface area contributed by atoms with Crippen LogP contribution >= 0.6 is 0 Å². The van der Waals surface area contributed by atoms with Gasteiger partial charge in [-0.1, -0.05) is 0 Å². The number of carbonyl (C=O) groups excluding carboxylic acids is 1. The molecule has 1 N–H and O–H groups in total. The third-order valence-electron chi connectivity index (χ3n) is 0.869. The molecule has 1 rings (SSSR count). The fraction of sp³-hybridized carbons (Fsp3) is 0.750. The van der Waals surface area contributed by atoms with Gasteiger partial charge < -0.3 is 6.16 Å². The zero-order chi connectivity index (χ0) is 5.11. The van der Waals surface area contributed by atoms with Crippen molar-refractivity contribution in [2.75, 3.05) is 13.2 Å². The Morgan fingerprint density at radius 2 is 2.62 bits per heavy atom. The zero-order valence-corrected chi connectivity index (χ0v) is 6.89. The van der Waals surface area contributed by atoms with Crippen LogP contribution in [0.3, 0.4) is 0 Å². The molecule has 1 fully saturated rings. The smallest absolute Gasteiger partial charge is 1.00 e. The second kappa shape index (κ2) is 4.47. The van der Waals surface area contributed by atoms with Gasteiger partial charge in [0.05, 0.1) is 6.61 Å². The van der Waals surface area contributed by atoms with Gasteiger partial charge in [-0.3, -0.25) is 10.1 Å². The summed E-state index contributed by atoms with van der Waals surface area (Å²) in [6, 6.07) is 0. The van der Waals surface area contributed by atoms with E-state index in [0.717, 1.165) is 12.8 Å². The molecule has 1 heterocycles. The Morgan fingerprint density at radius 1 is 1.88 bits per heavy atom. The predicted molar refractivity (Wildman–Crippen MR) is 24.9 cm³/mol. The molecule has 8 heavy (non-hydrogen) atoms. The number of carbonyl (C=O) groups is 1. The SMILES string of the molecule is O=CC1NCCO1.[H-].[Na+]. The zero-order valence-electron chi connectivity index (χ0n) is 5.89. The van der Waals surface area contributed by atoms with Gasteiger partial charge in [-0.15, -0.1) is 0 Å². The minimum atomic E-state index is -0.333. The van der Waals surface area contributed by atoms with Crippen molar-refractivity contribution in [1.29, 1.82) is 0 Å². The van der Waals surface area contributed by atoms with Crippen LogP contribution in [0.25, 0.3) is 0 Å². The first-order valence-electron chi connectivity index (χ1n) is 2.24. The standard InChI is InChI=1S/C4H7NO2.Na.H/c6-3-4-5-1-2-7-4;;/h3-5H,1-2H2;;/q;+1;-1. The van der Waals surface area contributed by atoms with E-state index in [9.17, 15) is 4.79 Å². The van der Waals surface area contributed by atoms with E-state index >= 15 is 0 Å². The van der Waals surface area contributed by atoms with Crippen molar-refractivity contribution in [2.45, 2.75) is 6.23 Å². The molecule has 1 atom stereocenters. The molecule has 1 aliphatic heterocycles. The molecule has 0 aromatic rings. The van der Waals surface area contributed by atoms with E-state index in [1.165, 1.54) is 0 Å². The van der Waals surface area contributed by atoms with E-state index in [4.69, 9.17) is 4.74 Å². The molecular weight excluding hydrogens is 117 g/mol. The van der Waals surface area contributed by atoms with Gasteiger partial charge in [0.1, 0.15) is 0 Å². The van der Waals surface area contributed by atoms with Gasteiger partial charge in [-0.05, 0) is 0 Å². The van der Waals surface area contributed by atoms with Crippen molar-refractivity contribution < 1.29 is 40.5 Å².